The molecule has 0 saturated carbocycles. The van der Waals surface area contributed by atoms with E-state index in [4.69, 9.17) is 16.3 Å². The Kier molecular flexibility index (Phi) is 6.88. The molecule has 0 aliphatic carbocycles. The van der Waals surface area contributed by atoms with Crippen LogP contribution >= 0.6 is 11.6 Å². The summed E-state index contributed by atoms with van der Waals surface area (Å²) in [6, 6.07) is 18.4. The molecule has 0 radical (unpaired) electrons. The van der Waals surface area contributed by atoms with E-state index in [-0.39, 0.29) is 6.10 Å². The number of halogens is 1. The Balaban J connectivity index is 1.63. The Hall–Kier alpha value is -1.39. The van der Waals surface area contributed by atoms with Crippen molar-refractivity contribution in [3.63, 3.8) is 0 Å². The van der Waals surface area contributed by atoms with Gasteiger partial charge in [-0.15, -0.1) is 0 Å². The van der Waals surface area contributed by atoms with Crippen LogP contribution in [0.15, 0.2) is 54.6 Å². The van der Waals surface area contributed by atoms with Gasteiger partial charge >= 0.3 is 0 Å². The van der Waals surface area contributed by atoms with E-state index in [1.165, 1.54) is 18.5 Å². The first kappa shape index (κ1) is 18.4. The van der Waals surface area contributed by atoms with Crippen molar-refractivity contribution in [1.29, 1.82) is 0 Å². The molecule has 0 spiro atoms. The fourth-order valence-electron chi connectivity index (χ4n) is 3.27. The van der Waals surface area contributed by atoms with Gasteiger partial charge in [-0.25, -0.2) is 0 Å². The van der Waals surface area contributed by atoms with Crippen LogP contribution in [-0.4, -0.2) is 56.2 Å². The van der Waals surface area contributed by atoms with Gasteiger partial charge in [-0.3, -0.25) is 4.90 Å². The summed E-state index contributed by atoms with van der Waals surface area (Å²) < 4.78 is 6.33. The van der Waals surface area contributed by atoms with Crippen LogP contribution in [0.2, 0.25) is 5.02 Å². The average molecular weight is 359 g/mol. The maximum absolute atomic E-state index is 6.33. The maximum atomic E-state index is 6.33. The first-order chi connectivity index (χ1) is 12.2. The summed E-state index contributed by atoms with van der Waals surface area (Å²) in [5, 5.41) is 0.754. The summed E-state index contributed by atoms with van der Waals surface area (Å²) in [5.74, 6) is 0. The van der Waals surface area contributed by atoms with Crippen LogP contribution in [0.1, 0.15) is 23.7 Å². The Morgan fingerprint density at radius 2 is 1.64 bits per heavy atom. The molecule has 0 aromatic heterocycles. The number of nitrogens with zero attached hydrogens (tertiary/aromatic N) is 2. The molecule has 4 heteroatoms. The van der Waals surface area contributed by atoms with Crippen LogP contribution in [0.25, 0.3) is 0 Å². The molecular formula is C21H27ClN2O. The Morgan fingerprint density at radius 3 is 2.40 bits per heavy atom. The van der Waals surface area contributed by atoms with E-state index in [1.807, 2.05) is 18.2 Å². The van der Waals surface area contributed by atoms with Crippen molar-refractivity contribution in [2.45, 2.75) is 12.5 Å². The van der Waals surface area contributed by atoms with E-state index in [1.54, 1.807) is 0 Å². The van der Waals surface area contributed by atoms with Gasteiger partial charge in [0.15, 0.2) is 0 Å². The predicted octanol–water partition coefficient (Wildman–Crippen LogP) is 4.08. The van der Waals surface area contributed by atoms with Crippen LogP contribution in [0, 0.1) is 0 Å². The lowest BCUT2D eigenvalue weighted by molar-refractivity contribution is 0.0607. The average Bonchev–Trinajstić information content (AvgIpc) is 2.85. The summed E-state index contributed by atoms with van der Waals surface area (Å²) in [7, 11) is 2.20. The molecule has 1 atom stereocenters. The lowest BCUT2D eigenvalue weighted by atomic mass is 10.0. The van der Waals surface area contributed by atoms with Gasteiger partial charge in [-0.05, 0) is 49.8 Å². The van der Waals surface area contributed by atoms with Crippen LogP contribution in [0.4, 0.5) is 0 Å². The molecule has 0 bridgehead atoms. The zero-order chi connectivity index (χ0) is 17.5. The van der Waals surface area contributed by atoms with E-state index in [0.29, 0.717) is 0 Å². The fourth-order valence-corrected chi connectivity index (χ4v) is 3.40. The molecule has 3 nitrogen and oxygen atoms in total. The Labute approximate surface area is 156 Å². The van der Waals surface area contributed by atoms with Gasteiger partial charge in [-0.2, -0.15) is 0 Å². The third-order valence-corrected chi connectivity index (χ3v) is 5.03. The fraction of sp³-hybridized carbons (Fsp3) is 0.429. The smallest absolute Gasteiger partial charge is 0.108 e. The van der Waals surface area contributed by atoms with Gasteiger partial charge in [-0.1, -0.05) is 54.1 Å². The Morgan fingerprint density at radius 1 is 0.920 bits per heavy atom. The molecule has 2 aromatic carbocycles. The normalized spacial score (nSPS) is 18.0. The standard InChI is InChI=1S/C21H27ClN2O/c1-23-12-5-13-24(15-14-23)16-17-25-21(18-6-3-2-4-7-18)19-8-10-20(22)11-9-19/h2-4,6-11,21H,5,12-17H2,1H3. The van der Waals surface area contributed by atoms with E-state index in [0.717, 1.165) is 43.4 Å². The monoisotopic (exact) mass is 358 g/mol. The largest absolute Gasteiger partial charge is 0.367 e. The van der Waals surface area contributed by atoms with Crippen molar-refractivity contribution in [3.8, 4) is 0 Å². The summed E-state index contributed by atoms with van der Waals surface area (Å²) in [5.41, 5.74) is 2.33. The highest BCUT2D eigenvalue weighted by Gasteiger charge is 2.16. The number of ether oxygens (including phenoxy) is 1. The number of hydrogen-bond acceptors (Lipinski definition) is 3. The summed E-state index contributed by atoms with van der Waals surface area (Å²) in [4.78, 5) is 4.91. The van der Waals surface area contributed by atoms with Crippen LogP contribution in [-0.2, 0) is 4.74 Å². The van der Waals surface area contributed by atoms with Crippen LogP contribution < -0.4 is 0 Å². The second-order valence-electron chi connectivity index (χ2n) is 6.71. The van der Waals surface area contributed by atoms with Crippen molar-refractivity contribution in [2.24, 2.45) is 0 Å². The molecule has 1 aliphatic rings. The molecule has 25 heavy (non-hydrogen) atoms. The molecule has 3 rings (SSSR count). The summed E-state index contributed by atoms with van der Waals surface area (Å²) in [6.07, 6.45) is 1.18. The first-order valence-electron chi connectivity index (χ1n) is 9.05. The van der Waals surface area contributed by atoms with Gasteiger partial charge in [0.25, 0.3) is 0 Å². The summed E-state index contributed by atoms with van der Waals surface area (Å²) in [6.45, 7) is 6.31. The third kappa shape index (κ3) is 5.55. The van der Waals surface area contributed by atoms with E-state index in [2.05, 4.69) is 53.2 Å². The zero-order valence-electron chi connectivity index (χ0n) is 14.9. The van der Waals surface area contributed by atoms with Crippen LogP contribution in [0.5, 0.6) is 0 Å². The molecule has 1 unspecified atom stereocenters. The third-order valence-electron chi connectivity index (χ3n) is 4.78. The second kappa shape index (κ2) is 9.35. The van der Waals surface area contributed by atoms with E-state index in [9.17, 15) is 0 Å². The van der Waals surface area contributed by atoms with Crippen molar-refractivity contribution in [1.82, 2.24) is 9.80 Å². The minimum atomic E-state index is -0.0480. The molecule has 1 saturated heterocycles. The zero-order valence-corrected chi connectivity index (χ0v) is 15.7. The first-order valence-corrected chi connectivity index (χ1v) is 9.43. The number of benzene rings is 2. The van der Waals surface area contributed by atoms with Crippen LogP contribution in [0.3, 0.4) is 0 Å². The van der Waals surface area contributed by atoms with Crippen molar-refractivity contribution < 1.29 is 4.74 Å². The molecular weight excluding hydrogens is 332 g/mol. The molecule has 134 valence electrons. The highest BCUT2D eigenvalue weighted by molar-refractivity contribution is 6.30. The molecule has 0 amide bonds. The lowest BCUT2D eigenvalue weighted by Gasteiger charge is -2.23. The number of rotatable bonds is 6. The van der Waals surface area contributed by atoms with Crippen molar-refractivity contribution >= 4 is 11.6 Å². The molecule has 0 N–H and O–H groups in total. The number of hydrogen-bond donors (Lipinski definition) is 0. The van der Waals surface area contributed by atoms with Gasteiger partial charge in [0, 0.05) is 24.7 Å². The Bertz CT molecular complexity index is 632. The van der Waals surface area contributed by atoms with E-state index < -0.39 is 0 Å². The molecule has 1 aliphatic heterocycles. The molecule has 2 aromatic rings. The van der Waals surface area contributed by atoms with Gasteiger partial charge in [0.2, 0.25) is 0 Å². The quantitative estimate of drug-likeness (QED) is 0.773. The van der Waals surface area contributed by atoms with Crippen molar-refractivity contribution in [3.05, 3.63) is 70.7 Å². The SMILES string of the molecule is CN1CCCN(CCOC(c2ccccc2)c2ccc(Cl)cc2)CC1. The molecule has 1 heterocycles. The summed E-state index contributed by atoms with van der Waals surface area (Å²) >= 11 is 6.04. The lowest BCUT2D eigenvalue weighted by Crippen LogP contribution is -2.32. The molecule has 1 fully saturated rings. The number of likely N-dealkylation sites (N-methyl/N-ethyl adjacent to an activating group) is 1. The maximum Gasteiger partial charge on any atom is 0.108 e. The van der Waals surface area contributed by atoms with Gasteiger partial charge in [0.1, 0.15) is 6.10 Å². The van der Waals surface area contributed by atoms with Gasteiger partial charge < -0.3 is 9.64 Å². The van der Waals surface area contributed by atoms with Gasteiger partial charge in [0.05, 0.1) is 6.61 Å². The minimum Gasteiger partial charge on any atom is -0.367 e. The highest BCUT2D eigenvalue weighted by Crippen LogP contribution is 2.27. The predicted molar refractivity (Wildman–Crippen MR) is 104 cm³/mol. The minimum absolute atomic E-state index is 0.0480. The highest BCUT2D eigenvalue weighted by atomic mass is 35.5. The second-order valence-corrected chi connectivity index (χ2v) is 7.15. The van der Waals surface area contributed by atoms with E-state index >= 15 is 0 Å². The van der Waals surface area contributed by atoms with Crippen molar-refractivity contribution in [2.75, 3.05) is 46.4 Å². The topological polar surface area (TPSA) is 15.7 Å².